The first-order valence-electron chi connectivity index (χ1n) is 9.43. The van der Waals surface area contributed by atoms with Gasteiger partial charge in [-0.2, -0.15) is 0 Å². The molecule has 1 saturated heterocycles. The van der Waals surface area contributed by atoms with Crippen molar-refractivity contribution in [2.45, 2.75) is 44.6 Å². The van der Waals surface area contributed by atoms with E-state index < -0.39 is 5.82 Å². The van der Waals surface area contributed by atoms with Crippen LogP contribution < -0.4 is 10.1 Å². The van der Waals surface area contributed by atoms with Crippen LogP contribution in [-0.4, -0.2) is 31.8 Å². The Labute approximate surface area is 164 Å². The maximum Gasteiger partial charge on any atom is 0.217 e. The molecule has 28 heavy (non-hydrogen) atoms. The van der Waals surface area contributed by atoms with Crippen molar-refractivity contribution in [3.63, 3.8) is 0 Å². The molecule has 0 aromatic heterocycles. The number of carbonyl (C=O) groups is 1. The van der Waals surface area contributed by atoms with E-state index in [2.05, 4.69) is 5.32 Å². The molecule has 1 fully saturated rings. The molecule has 6 heteroatoms. The van der Waals surface area contributed by atoms with Gasteiger partial charge < -0.3 is 19.5 Å². The lowest BCUT2D eigenvalue weighted by atomic mass is 9.94. The number of amides is 1. The molecular weight excluding hydrogens is 361 g/mol. The summed E-state index contributed by atoms with van der Waals surface area (Å²) in [6.07, 6.45) is 0.841. The Morgan fingerprint density at radius 2 is 2.00 bits per heavy atom. The first kappa shape index (κ1) is 20.3. The highest BCUT2D eigenvalue weighted by molar-refractivity contribution is 5.73. The fraction of sp³-hybridized carbons (Fsp3) is 0.409. The number of halogens is 1. The third kappa shape index (κ3) is 5.53. The quantitative estimate of drug-likeness (QED) is 0.786. The van der Waals surface area contributed by atoms with Gasteiger partial charge in [0.2, 0.25) is 5.91 Å². The fourth-order valence-corrected chi connectivity index (χ4v) is 3.50. The number of methoxy groups -OCH3 is 1. The van der Waals surface area contributed by atoms with Crippen LogP contribution in [-0.2, 0) is 20.9 Å². The summed E-state index contributed by atoms with van der Waals surface area (Å²) in [7, 11) is 1.43. The second-order valence-electron chi connectivity index (χ2n) is 7.01. The summed E-state index contributed by atoms with van der Waals surface area (Å²) >= 11 is 0. The monoisotopic (exact) mass is 387 g/mol. The highest BCUT2D eigenvalue weighted by atomic mass is 19.1. The van der Waals surface area contributed by atoms with E-state index in [1.54, 1.807) is 12.1 Å². The normalized spacial score (nSPS) is 21.9. The van der Waals surface area contributed by atoms with Gasteiger partial charge in [-0.05, 0) is 36.1 Å². The molecular formula is C22H26FNO4. The van der Waals surface area contributed by atoms with E-state index in [4.69, 9.17) is 14.2 Å². The van der Waals surface area contributed by atoms with Crippen molar-refractivity contribution in [2.24, 2.45) is 0 Å². The molecule has 1 N–H and O–H groups in total. The lowest BCUT2D eigenvalue weighted by molar-refractivity contribution is -0.124. The van der Waals surface area contributed by atoms with Crippen molar-refractivity contribution < 1.29 is 23.4 Å². The summed E-state index contributed by atoms with van der Waals surface area (Å²) in [5.41, 5.74) is 1.91. The predicted molar refractivity (Wildman–Crippen MR) is 104 cm³/mol. The summed E-state index contributed by atoms with van der Waals surface area (Å²) in [5, 5.41) is 2.98. The van der Waals surface area contributed by atoms with Crippen molar-refractivity contribution in [1.82, 2.24) is 5.32 Å². The molecule has 0 spiro atoms. The Balaban J connectivity index is 1.67. The predicted octanol–water partition coefficient (Wildman–Crippen LogP) is 3.78. The van der Waals surface area contributed by atoms with Crippen LogP contribution in [0.25, 0.3) is 0 Å². The zero-order chi connectivity index (χ0) is 19.9. The summed E-state index contributed by atoms with van der Waals surface area (Å²) in [5.74, 6) is -0.311. The molecule has 3 atom stereocenters. The number of carbonyl (C=O) groups excluding carboxylic acids is 1. The molecule has 3 rings (SSSR count). The molecule has 2 aromatic carbocycles. The first-order valence-corrected chi connectivity index (χ1v) is 9.43. The molecule has 0 radical (unpaired) electrons. The fourth-order valence-electron chi connectivity index (χ4n) is 3.50. The molecule has 0 saturated carbocycles. The molecule has 0 bridgehead atoms. The third-order valence-corrected chi connectivity index (χ3v) is 4.77. The molecule has 1 aliphatic heterocycles. The molecule has 150 valence electrons. The van der Waals surface area contributed by atoms with Gasteiger partial charge in [0.25, 0.3) is 0 Å². The van der Waals surface area contributed by atoms with E-state index in [-0.39, 0.29) is 29.9 Å². The van der Waals surface area contributed by atoms with E-state index in [1.165, 1.54) is 20.1 Å². The number of rotatable bonds is 7. The summed E-state index contributed by atoms with van der Waals surface area (Å²) in [6.45, 7) is 2.42. The summed E-state index contributed by atoms with van der Waals surface area (Å²) < 4.78 is 30.9. The van der Waals surface area contributed by atoms with E-state index in [9.17, 15) is 9.18 Å². The van der Waals surface area contributed by atoms with Gasteiger partial charge in [0.15, 0.2) is 11.6 Å². The van der Waals surface area contributed by atoms with Crippen LogP contribution in [0.5, 0.6) is 5.75 Å². The van der Waals surface area contributed by atoms with Crippen molar-refractivity contribution in [3.05, 3.63) is 65.5 Å². The molecule has 0 unspecified atom stereocenters. The van der Waals surface area contributed by atoms with Crippen molar-refractivity contribution in [3.8, 4) is 5.75 Å². The minimum Gasteiger partial charge on any atom is -0.494 e. The number of benzene rings is 2. The van der Waals surface area contributed by atoms with Crippen molar-refractivity contribution in [1.29, 1.82) is 0 Å². The van der Waals surface area contributed by atoms with Crippen LogP contribution >= 0.6 is 0 Å². The molecule has 1 aliphatic rings. The highest BCUT2D eigenvalue weighted by Crippen LogP contribution is 2.34. The van der Waals surface area contributed by atoms with Gasteiger partial charge in [-0.25, -0.2) is 4.39 Å². The van der Waals surface area contributed by atoms with Crippen LogP contribution in [0.15, 0.2) is 48.5 Å². The second-order valence-corrected chi connectivity index (χ2v) is 7.01. The third-order valence-electron chi connectivity index (χ3n) is 4.77. The molecule has 5 nitrogen and oxygen atoms in total. The first-order chi connectivity index (χ1) is 13.5. The minimum atomic E-state index is -0.414. The van der Waals surface area contributed by atoms with Gasteiger partial charge in [-0.1, -0.05) is 36.4 Å². The maximum atomic E-state index is 13.7. The lowest BCUT2D eigenvalue weighted by Gasteiger charge is -2.36. The van der Waals surface area contributed by atoms with E-state index in [0.717, 1.165) is 11.1 Å². The van der Waals surface area contributed by atoms with Gasteiger partial charge in [-0.3, -0.25) is 4.79 Å². The van der Waals surface area contributed by atoms with Crippen molar-refractivity contribution >= 4 is 5.91 Å². The van der Waals surface area contributed by atoms with Gasteiger partial charge in [-0.15, -0.1) is 0 Å². The largest absolute Gasteiger partial charge is 0.494 e. The van der Waals surface area contributed by atoms with Crippen LogP contribution in [0.2, 0.25) is 0 Å². The zero-order valence-electron chi connectivity index (χ0n) is 16.2. The SMILES string of the molecule is COc1cc([C@H]2C[C@@H](NC(C)=O)C[C@@H](COCc3ccccc3)O2)ccc1F. The van der Waals surface area contributed by atoms with E-state index >= 15 is 0 Å². The summed E-state index contributed by atoms with van der Waals surface area (Å²) in [6, 6.07) is 14.6. The number of hydrogen-bond acceptors (Lipinski definition) is 4. The van der Waals surface area contributed by atoms with Gasteiger partial charge >= 0.3 is 0 Å². The highest BCUT2D eigenvalue weighted by Gasteiger charge is 2.31. The molecule has 1 amide bonds. The topological polar surface area (TPSA) is 56.8 Å². The average Bonchev–Trinajstić information content (AvgIpc) is 2.68. The van der Waals surface area contributed by atoms with E-state index in [1.807, 2.05) is 30.3 Å². The molecule has 0 aliphatic carbocycles. The number of hydrogen-bond donors (Lipinski definition) is 1. The van der Waals surface area contributed by atoms with Crippen LogP contribution in [0.1, 0.15) is 37.0 Å². The molecule has 1 heterocycles. The second kappa shape index (κ2) is 9.66. The van der Waals surface area contributed by atoms with E-state index in [0.29, 0.717) is 26.1 Å². The van der Waals surface area contributed by atoms with Crippen molar-refractivity contribution in [2.75, 3.05) is 13.7 Å². The van der Waals surface area contributed by atoms with Gasteiger partial charge in [0.1, 0.15) is 0 Å². The summed E-state index contributed by atoms with van der Waals surface area (Å²) in [4.78, 5) is 11.6. The Kier molecular flexibility index (Phi) is 7.01. The van der Waals surface area contributed by atoms with Gasteiger partial charge in [0.05, 0.1) is 32.5 Å². The van der Waals surface area contributed by atoms with Crippen LogP contribution in [0.4, 0.5) is 4.39 Å². The Hall–Kier alpha value is -2.44. The molecule has 2 aromatic rings. The number of ether oxygens (including phenoxy) is 3. The Morgan fingerprint density at radius 1 is 1.21 bits per heavy atom. The maximum absolute atomic E-state index is 13.7. The standard InChI is InChI=1S/C22H26FNO4/c1-15(25)24-18-11-19(14-27-13-16-6-4-3-5-7-16)28-21(12-18)17-8-9-20(23)22(10-17)26-2/h3-10,18-19,21H,11-14H2,1-2H3,(H,24,25)/t18-,19-,21+/m0/s1. The van der Waals surface area contributed by atoms with Gasteiger partial charge in [0, 0.05) is 13.0 Å². The Morgan fingerprint density at radius 3 is 2.71 bits per heavy atom. The van der Waals surface area contributed by atoms with Crippen LogP contribution in [0, 0.1) is 5.82 Å². The lowest BCUT2D eigenvalue weighted by Crippen LogP contribution is -2.43. The number of nitrogens with one attached hydrogen (secondary N) is 1. The van der Waals surface area contributed by atoms with Crippen LogP contribution in [0.3, 0.4) is 0 Å². The zero-order valence-corrected chi connectivity index (χ0v) is 16.2. The Bertz CT molecular complexity index is 783. The smallest absolute Gasteiger partial charge is 0.217 e. The minimum absolute atomic E-state index is 0.0300. The average molecular weight is 387 g/mol.